The van der Waals surface area contributed by atoms with Gasteiger partial charge in [-0.3, -0.25) is 14.2 Å². The predicted molar refractivity (Wildman–Crippen MR) is 144 cm³/mol. The first kappa shape index (κ1) is 31.2. The number of carbonyl (C=O) groups is 2. The molecule has 0 fully saturated rings. The highest BCUT2D eigenvalue weighted by molar-refractivity contribution is 7.20. The molecule has 0 aliphatic heterocycles. The second-order valence-corrected chi connectivity index (χ2v) is 9.79. The van der Waals surface area contributed by atoms with E-state index in [2.05, 4.69) is 0 Å². The molecule has 3 rings (SSSR count). The molecule has 0 aliphatic carbocycles. The van der Waals surface area contributed by atoms with Crippen molar-refractivity contribution in [2.45, 2.75) is 52.6 Å². The van der Waals surface area contributed by atoms with E-state index in [0.717, 1.165) is 15.9 Å². The van der Waals surface area contributed by atoms with E-state index in [9.17, 15) is 23.6 Å². The Morgan fingerprint density at radius 2 is 1.95 bits per heavy atom. The molecule has 2 aromatic heterocycles. The molecule has 39 heavy (non-hydrogen) atoms. The lowest BCUT2D eigenvalue weighted by molar-refractivity contribution is -0.125. The maximum atomic E-state index is 13.9. The summed E-state index contributed by atoms with van der Waals surface area (Å²) in [5, 5.41) is 15.6. The monoisotopic (exact) mass is 562 g/mol. The first-order chi connectivity index (χ1) is 18.4. The number of aryl methyl sites for hydroxylation is 3. The number of fused-ring (bicyclic) bond motifs is 1. The minimum atomic E-state index is -1.64. The van der Waals surface area contributed by atoms with Crippen molar-refractivity contribution in [2.24, 2.45) is 5.73 Å². The van der Waals surface area contributed by atoms with Crippen LogP contribution < -0.4 is 21.7 Å². The number of nitrogens with two attached hydrogens (primary N) is 1. The molecule has 0 aliphatic rings. The van der Waals surface area contributed by atoms with Crippen molar-refractivity contribution < 1.29 is 28.6 Å². The van der Waals surface area contributed by atoms with E-state index < -0.39 is 34.5 Å². The van der Waals surface area contributed by atoms with Gasteiger partial charge in [0.2, 0.25) is 5.91 Å². The summed E-state index contributed by atoms with van der Waals surface area (Å²) in [5.41, 5.74) is 3.22. The van der Waals surface area contributed by atoms with Gasteiger partial charge >= 0.3 is 11.7 Å². The number of halogens is 1. The molecule has 210 valence electrons. The summed E-state index contributed by atoms with van der Waals surface area (Å²) in [7, 11) is 1.45. The van der Waals surface area contributed by atoms with E-state index in [0.29, 0.717) is 16.9 Å². The maximum absolute atomic E-state index is 13.9. The molecule has 1 amide bonds. The van der Waals surface area contributed by atoms with Crippen molar-refractivity contribution in [3.63, 3.8) is 0 Å². The highest BCUT2D eigenvalue weighted by Crippen LogP contribution is 2.30. The van der Waals surface area contributed by atoms with E-state index in [4.69, 9.17) is 25.6 Å². The number of ether oxygens (including phenoxy) is 2. The summed E-state index contributed by atoms with van der Waals surface area (Å²) < 4.78 is 26.3. The zero-order chi connectivity index (χ0) is 29.5. The van der Waals surface area contributed by atoms with Gasteiger partial charge in [-0.25, -0.2) is 18.5 Å². The number of thiophene rings is 1. The third-order valence-electron chi connectivity index (χ3n) is 5.91. The van der Waals surface area contributed by atoms with Gasteiger partial charge in [-0.1, -0.05) is 0 Å². The van der Waals surface area contributed by atoms with Crippen molar-refractivity contribution in [3.05, 3.63) is 60.9 Å². The molecule has 13 heteroatoms. The molecule has 3 aromatic rings. The molecule has 0 atom stereocenters. The van der Waals surface area contributed by atoms with Crippen molar-refractivity contribution in [1.82, 2.24) is 9.13 Å². The van der Waals surface area contributed by atoms with E-state index in [1.165, 1.54) is 43.7 Å². The summed E-state index contributed by atoms with van der Waals surface area (Å²) in [4.78, 5) is 52.0. The summed E-state index contributed by atoms with van der Waals surface area (Å²) in [6, 6.07) is 5.81. The summed E-state index contributed by atoms with van der Waals surface area (Å²) in [5.74, 6) is -1.52. The lowest BCUT2D eigenvalue weighted by Crippen LogP contribution is -2.54. The number of nitriles is 1. The molecule has 0 radical (unpaired) electrons. The highest BCUT2D eigenvalue weighted by Gasteiger charge is 2.34. The minimum absolute atomic E-state index is 0.0174. The van der Waals surface area contributed by atoms with Gasteiger partial charge in [0.25, 0.3) is 5.56 Å². The molecule has 1 aromatic carbocycles. The number of aliphatic hydroxyl groups excluding tert-OH is 1. The van der Waals surface area contributed by atoms with Crippen LogP contribution >= 0.6 is 11.3 Å². The van der Waals surface area contributed by atoms with Crippen LogP contribution in [0.5, 0.6) is 5.75 Å². The van der Waals surface area contributed by atoms with Crippen molar-refractivity contribution in [1.29, 1.82) is 5.26 Å². The second kappa shape index (κ2) is 13.2. The van der Waals surface area contributed by atoms with Crippen LogP contribution in [-0.2, 0) is 28.0 Å². The van der Waals surface area contributed by atoms with Crippen LogP contribution in [-0.4, -0.2) is 46.4 Å². The number of aliphatic hydroxyl groups is 1. The Hall–Kier alpha value is -4.02. The third-order valence-corrected chi connectivity index (χ3v) is 7.20. The van der Waals surface area contributed by atoms with E-state index in [1.807, 2.05) is 0 Å². The molecule has 0 unspecified atom stereocenters. The smallest absolute Gasteiger partial charge is 0.348 e. The molecular formula is C26H31FN4O7S. The van der Waals surface area contributed by atoms with Gasteiger partial charge in [0.15, 0.2) is 0 Å². The molecule has 11 nitrogen and oxygen atoms in total. The van der Waals surface area contributed by atoms with Crippen LogP contribution in [0.3, 0.4) is 0 Å². The first-order valence-corrected chi connectivity index (χ1v) is 12.8. The second-order valence-electron chi connectivity index (χ2n) is 8.79. The Labute approximate surface area is 227 Å². The van der Waals surface area contributed by atoms with Gasteiger partial charge in [-0.05, 0) is 63.4 Å². The Morgan fingerprint density at radius 1 is 1.28 bits per heavy atom. The quantitative estimate of drug-likeness (QED) is 0.374. The SMILES string of the molecule is CCOC(=O)c1sc2c(c1C)c(=O)n(C(C)(C)C(N)=O)c(=O)n2CCc1cc(F)ccc1OC.N#CCCO. The normalized spacial score (nSPS) is 10.9. The predicted octanol–water partition coefficient (Wildman–Crippen LogP) is 2.21. The van der Waals surface area contributed by atoms with Gasteiger partial charge in [0.05, 0.1) is 38.2 Å². The number of benzene rings is 1. The fourth-order valence-corrected chi connectivity index (χ4v) is 4.98. The van der Waals surface area contributed by atoms with Gasteiger partial charge in [-0.2, -0.15) is 5.26 Å². The standard InChI is InChI=1S/C23H26FN3O6S.C3H5NO/c1-6-33-20(29)17-12(2)16-18(28)27(23(3,4)21(25)30)22(31)26(19(16)34-17)10-9-13-11-14(24)7-8-15(13)32-5;4-2-1-3-5/h7-8,11H,6,9-10H2,1-5H3,(H2,25,30);5H,1,3H2. The maximum Gasteiger partial charge on any atom is 0.348 e. The summed E-state index contributed by atoms with van der Waals surface area (Å²) in [6.45, 7) is 6.13. The molecule has 3 N–H and O–H groups in total. The number of primary amides is 1. The number of methoxy groups -OCH3 is 1. The van der Waals surface area contributed by atoms with Crippen LogP contribution in [0.4, 0.5) is 4.39 Å². The van der Waals surface area contributed by atoms with Crippen LogP contribution in [0, 0.1) is 24.1 Å². The zero-order valence-corrected chi connectivity index (χ0v) is 23.2. The van der Waals surface area contributed by atoms with E-state index in [-0.39, 0.29) is 47.7 Å². The first-order valence-electron chi connectivity index (χ1n) is 11.9. The lowest BCUT2D eigenvalue weighted by atomic mass is 10.0. The number of rotatable bonds is 9. The van der Waals surface area contributed by atoms with E-state index >= 15 is 0 Å². The molecular weight excluding hydrogens is 531 g/mol. The molecule has 0 saturated carbocycles. The minimum Gasteiger partial charge on any atom is -0.496 e. The summed E-state index contributed by atoms with van der Waals surface area (Å²) >= 11 is 0.956. The number of nitrogens with zero attached hydrogens (tertiary/aromatic N) is 3. The average molecular weight is 563 g/mol. The topological polar surface area (TPSA) is 167 Å². The zero-order valence-electron chi connectivity index (χ0n) is 22.4. The number of hydrogen-bond acceptors (Lipinski definition) is 9. The van der Waals surface area contributed by atoms with Gasteiger partial charge < -0.3 is 20.3 Å². The van der Waals surface area contributed by atoms with Crippen molar-refractivity contribution in [3.8, 4) is 11.8 Å². The lowest BCUT2D eigenvalue weighted by Gasteiger charge is -2.24. The Morgan fingerprint density at radius 3 is 2.46 bits per heavy atom. The Balaban J connectivity index is 0.000000976. The van der Waals surface area contributed by atoms with E-state index in [1.54, 1.807) is 19.9 Å². The summed E-state index contributed by atoms with van der Waals surface area (Å²) in [6.07, 6.45) is 0.427. The van der Waals surface area contributed by atoms with Crippen LogP contribution in [0.1, 0.15) is 48.0 Å². The molecule has 2 heterocycles. The van der Waals surface area contributed by atoms with Crippen molar-refractivity contribution >= 4 is 33.4 Å². The number of carbonyl (C=O) groups excluding carboxylic acids is 2. The fraction of sp³-hybridized carbons (Fsp3) is 0.423. The largest absolute Gasteiger partial charge is 0.496 e. The molecule has 0 spiro atoms. The van der Waals surface area contributed by atoms with Crippen LogP contribution in [0.25, 0.3) is 10.2 Å². The third kappa shape index (κ3) is 6.52. The number of amides is 1. The highest BCUT2D eigenvalue weighted by atomic mass is 32.1. The number of esters is 1. The molecule has 0 saturated heterocycles. The number of hydrogen-bond donors (Lipinski definition) is 2. The Kier molecular flexibility index (Phi) is 10.5. The Bertz CT molecular complexity index is 1530. The number of aromatic nitrogens is 2. The van der Waals surface area contributed by atoms with Crippen LogP contribution in [0.15, 0.2) is 27.8 Å². The van der Waals surface area contributed by atoms with Gasteiger partial charge in [0, 0.05) is 6.54 Å². The van der Waals surface area contributed by atoms with Crippen molar-refractivity contribution in [2.75, 3.05) is 20.3 Å². The van der Waals surface area contributed by atoms with Crippen LogP contribution in [0.2, 0.25) is 0 Å². The fourth-order valence-electron chi connectivity index (χ4n) is 3.76. The molecule has 0 bridgehead atoms. The van der Waals surface area contributed by atoms with Gasteiger partial charge in [-0.15, -0.1) is 11.3 Å². The average Bonchev–Trinajstić information content (AvgIpc) is 3.22. The van der Waals surface area contributed by atoms with Gasteiger partial charge in [0.1, 0.15) is 26.8 Å².